The number of carbonyl (C=O) groups is 1. The Balaban J connectivity index is 2.02. The number of carboxylic acids is 1. The zero-order valence-electron chi connectivity index (χ0n) is 10.6. The number of fused-ring (bicyclic) bond motifs is 1. The summed E-state index contributed by atoms with van der Waals surface area (Å²) in [7, 11) is 0. The number of nitrogens with one attached hydrogen (secondary N) is 1. The highest BCUT2D eigenvalue weighted by Crippen LogP contribution is 2.31. The summed E-state index contributed by atoms with van der Waals surface area (Å²) in [5.74, 6) is 0.0915. The van der Waals surface area contributed by atoms with Gasteiger partial charge in [-0.25, -0.2) is 14.8 Å². The van der Waals surface area contributed by atoms with Crippen molar-refractivity contribution in [3.05, 3.63) is 30.1 Å². The minimum Gasteiger partial charge on any atom is -0.475 e. The van der Waals surface area contributed by atoms with Gasteiger partial charge in [-0.05, 0) is 30.9 Å². The highest BCUT2D eigenvalue weighted by Gasteiger charge is 2.26. The van der Waals surface area contributed by atoms with E-state index >= 15 is 0 Å². The number of anilines is 1. The highest BCUT2D eigenvalue weighted by molar-refractivity contribution is 5.93. The molecule has 19 heavy (non-hydrogen) atoms. The van der Waals surface area contributed by atoms with Crippen LogP contribution in [0.5, 0.6) is 0 Å². The fourth-order valence-electron chi connectivity index (χ4n) is 2.50. The fourth-order valence-corrected chi connectivity index (χ4v) is 2.50. The van der Waals surface area contributed by atoms with Crippen molar-refractivity contribution in [3.63, 3.8) is 0 Å². The summed E-state index contributed by atoms with van der Waals surface area (Å²) in [4.78, 5) is 19.2. The third-order valence-corrected chi connectivity index (χ3v) is 3.51. The molecule has 0 atom stereocenters. The smallest absolute Gasteiger partial charge is 0.374 e. The predicted molar refractivity (Wildman–Crippen MR) is 72.3 cm³/mol. The van der Waals surface area contributed by atoms with Crippen LogP contribution in [0.25, 0.3) is 10.9 Å². The van der Waals surface area contributed by atoms with Crippen molar-refractivity contribution < 1.29 is 9.90 Å². The number of carboxylic acid groups (broad SMARTS) is 1. The van der Waals surface area contributed by atoms with E-state index in [2.05, 4.69) is 22.2 Å². The Labute approximate surface area is 110 Å². The van der Waals surface area contributed by atoms with Gasteiger partial charge in [0.15, 0.2) is 0 Å². The van der Waals surface area contributed by atoms with Gasteiger partial charge in [-0.2, -0.15) is 0 Å². The molecule has 2 aromatic rings. The van der Waals surface area contributed by atoms with Crippen molar-refractivity contribution in [2.75, 3.05) is 5.32 Å². The third-order valence-electron chi connectivity index (χ3n) is 3.51. The van der Waals surface area contributed by atoms with Crippen LogP contribution in [0.2, 0.25) is 0 Å². The molecule has 1 aromatic carbocycles. The van der Waals surface area contributed by atoms with Crippen LogP contribution in [-0.4, -0.2) is 27.1 Å². The zero-order chi connectivity index (χ0) is 13.4. The molecule has 0 spiro atoms. The number of hydrogen-bond donors (Lipinski definition) is 2. The van der Waals surface area contributed by atoms with Crippen LogP contribution in [0.3, 0.4) is 0 Å². The van der Waals surface area contributed by atoms with E-state index in [-0.39, 0.29) is 5.82 Å². The summed E-state index contributed by atoms with van der Waals surface area (Å²) in [5, 5.41) is 13.3. The number of nitrogens with zero attached hydrogens (tertiary/aromatic N) is 2. The van der Waals surface area contributed by atoms with Crippen LogP contribution in [0.4, 0.5) is 5.82 Å². The monoisotopic (exact) mass is 257 g/mol. The molecule has 2 N–H and O–H groups in total. The van der Waals surface area contributed by atoms with Gasteiger partial charge >= 0.3 is 5.97 Å². The molecule has 5 nitrogen and oxygen atoms in total. The van der Waals surface area contributed by atoms with Crippen molar-refractivity contribution >= 4 is 22.7 Å². The molecule has 0 aliphatic heterocycles. The molecule has 1 aromatic heterocycles. The fraction of sp³-hybridized carbons (Fsp3) is 0.357. The van der Waals surface area contributed by atoms with Crippen molar-refractivity contribution in [2.24, 2.45) is 5.92 Å². The molecule has 1 saturated carbocycles. The Morgan fingerprint density at radius 3 is 2.74 bits per heavy atom. The first-order valence-corrected chi connectivity index (χ1v) is 6.40. The van der Waals surface area contributed by atoms with E-state index in [1.54, 1.807) is 6.07 Å². The zero-order valence-corrected chi connectivity index (χ0v) is 10.6. The summed E-state index contributed by atoms with van der Waals surface area (Å²) in [5.41, 5.74) is 0.657. The van der Waals surface area contributed by atoms with Crippen LogP contribution in [0.1, 0.15) is 30.4 Å². The van der Waals surface area contributed by atoms with Gasteiger partial charge in [0.25, 0.3) is 0 Å². The average Bonchev–Trinajstić information content (AvgIpc) is 2.36. The minimum absolute atomic E-state index is 0.159. The summed E-state index contributed by atoms with van der Waals surface area (Å²) in [6, 6.07) is 7.84. The lowest BCUT2D eigenvalue weighted by molar-refractivity contribution is 0.0684. The number of rotatable bonds is 3. The normalized spacial score (nSPS) is 21.9. The van der Waals surface area contributed by atoms with E-state index in [1.807, 2.05) is 18.2 Å². The maximum absolute atomic E-state index is 11.1. The van der Waals surface area contributed by atoms with Crippen LogP contribution in [0.15, 0.2) is 24.3 Å². The van der Waals surface area contributed by atoms with E-state index in [1.165, 1.54) is 0 Å². The molecular formula is C14H15N3O2. The largest absolute Gasteiger partial charge is 0.475 e. The number of para-hydroxylation sites is 1. The lowest BCUT2D eigenvalue weighted by Gasteiger charge is -2.33. The average molecular weight is 257 g/mol. The second-order valence-corrected chi connectivity index (χ2v) is 5.14. The maximum Gasteiger partial charge on any atom is 0.374 e. The summed E-state index contributed by atoms with van der Waals surface area (Å²) < 4.78 is 0. The first kappa shape index (κ1) is 11.9. The van der Waals surface area contributed by atoms with Gasteiger partial charge in [-0.15, -0.1) is 0 Å². The first-order chi connectivity index (χ1) is 9.13. The Bertz CT molecular complexity index is 636. The quantitative estimate of drug-likeness (QED) is 0.883. The van der Waals surface area contributed by atoms with E-state index in [0.717, 1.165) is 24.1 Å². The lowest BCUT2D eigenvalue weighted by Crippen LogP contribution is -2.34. The molecule has 1 fully saturated rings. The Morgan fingerprint density at radius 2 is 2.05 bits per heavy atom. The molecule has 98 valence electrons. The minimum atomic E-state index is -1.10. The summed E-state index contributed by atoms with van der Waals surface area (Å²) in [6.45, 7) is 2.21. The van der Waals surface area contributed by atoms with Crippen LogP contribution < -0.4 is 5.32 Å². The van der Waals surface area contributed by atoms with Gasteiger partial charge in [0, 0.05) is 11.4 Å². The molecule has 1 aliphatic carbocycles. The van der Waals surface area contributed by atoms with Gasteiger partial charge in [0.1, 0.15) is 5.82 Å². The molecule has 0 radical (unpaired) electrons. The number of hydrogen-bond acceptors (Lipinski definition) is 4. The highest BCUT2D eigenvalue weighted by atomic mass is 16.4. The van der Waals surface area contributed by atoms with Crippen molar-refractivity contribution in [1.29, 1.82) is 0 Å². The number of aromatic nitrogens is 2. The van der Waals surface area contributed by atoms with Crippen molar-refractivity contribution in [1.82, 2.24) is 9.97 Å². The van der Waals surface area contributed by atoms with E-state index < -0.39 is 5.97 Å². The third kappa shape index (κ3) is 2.23. The number of benzene rings is 1. The SMILES string of the molecule is CC1CC(Nc2nc(C(=O)O)nc3ccccc23)C1. The van der Waals surface area contributed by atoms with Gasteiger partial charge in [-0.1, -0.05) is 19.1 Å². The molecular weight excluding hydrogens is 242 g/mol. The van der Waals surface area contributed by atoms with Crippen LogP contribution in [0, 0.1) is 5.92 Å². The molecule has 0 bridgehead atoms. The molecule has 1 heterocycles. The summed E-state index contributed by atoms with van der Waals surface area (Å²) >= 11 is 0. The molecule has 0 unspecified atom stereocenters. The van der Waals surface area contributed by atoms with Gasteiger partial charge in [0.2, 0.25) is 5.82 Å². The number of aromatic carboxylic acids is 1. The van der Waals surface area contributed by atoms with Crippen molar-refractivity contribution in [2.45, 2.75) is 25.8 Å². The standard InChI is InChI=1S/C14H15N3O2/c1-8-6-9(7-8)15-12-10-4-2-3-5-11(10)16-13(17-12)14(18)19/h2-5,8-9H,6-7H2,1H3,(H,18,19)(H,15,16,17). The van der Waals surface area contributed by atoms with Gasteiger partial charge in [-0.3, -0.25) is 0 Å². The van der Waals surface area contributed by atoms with Crippen LogP contribution in [-0.2, 0) is 0 Å². The maximum atomic E-state index is 11.1. The van der Waals surface area contributed by atoms with E-state index in [4.69, 9.17) is 5.11 Å². The topological polar surface area (TPSA) is 75.1 Å². The van der Waals surface area contributed by atoms with Crippen molar-refractivity contribution in [3.8, 4) is 0 Å². The van der Waals surface area contributed by atoms with Gasteiger partial charge < -0.3 is 10.4 Å². The molecule has 1 aliphatic rings. The molecule has 0 amide bonds. The Kier molecular flexibility index (Phi) is 2.81. The van der Waals surface area contributed by atoms with Crippen LogP contribution >= 0.6 is 0 Å². The van der Waals surface area contributed by atoms with E-state index in [0.29, 0.717) is 17.4 Å². The molecule has 3 rings (SSSR count). The first-order valence-electron chi connectivity index (χ1n) is 6.40. The predicted octanol–water partition coefficient (Wildman–Crippen LogP) is 2.54. The second-order valence-electron chi connectivity index (χ2n) is 5.14. The lowest BCUT2D eigenvalue weighted by atomic mass is 9.82. The Hall–Kier alpha value is -2.17. The second kappa shape index (κ2) is 4.50. The molecule has 5 heteroatoms. The van der Waals surface area contributed by atoms with Gasteiger partial charge in [0.05, 0.1) is 5.52 Å². The summed E-state index contributed by atoms with van der Waals surface area (Å²) in [6.07, 6.45) is 2.20. The van der Waals surface area contributed by atoms with E-state index in [9.17, 15) is 4.79 Å². The molecule has 0 saturated heterocycles. The Morgan fingerprint density at radius 1 is 1.32 bits per heavy atom.